The number of alkyl halides is 1. The normalized spacial score (nSPS) is 10.5. The molecular formula is C12H20ClN3O. The molecule has 0 aliphatic heterocycles. The molecule has 0 spiro atoms. The molecule has 4 nitrogen and oxygen atoms in total. The zero-order valence-electron chi connectivity index (χ0n) is 10.5. The van der Waals surface area contributed by atoms with Gasteiger partial charge in [0.25, 0.3) is 5.56 Å². The van der Waals surface area contributed by atoms with E-state index in [9.17, 15) is 4.79 Å². The van der Waals surface area contributed by atoms with Crippen molar-refractivity contribution in [2.24, 2.45) is 0 Å². The molecule has 5 heteroatoms. The minimum absolute atomic E-state index is 0.0187. The highest BCUT2D eigenvalue weighted by Gasteiger charge is 2.08. The van der Waals surface area contributed by atoms with E-state index in [1.165, 1.54) is 0 Å². The topological polar surface area (TPSA) is 38.1 Å². The van der Waals surface area contributed by atoms with Gasteiger partial charge in [0.2, 0.25) is 0 Å². The molecule has 0 radical (unpaired) electrons. The average molecular weight is 258 g/mol. The third-order valence-corrected chi connectivity index (χ3v) is 2.99. The second-order valence-electron chi connectivity index (χ2n) is 4.01. The molecule has 0 amide bonds. The Morgan fingerprint density at radius 1 is 1.41 bits per heavy atom. The van der Waals surface area contributed by atoms with Crippen LogP contribution in [0.15, 0.2) is 17.2 Å². The number of aryl methyl sites for hydroxylation is 1. The van der Waals surface area contributed by atoms with Crippen LogP contribution in [0.4, 0.5) is 5.82 Å². The molecule has 96 valence electrons. The van der Waals surface area contributed by atoms with Crippen LogP contribution in [0.25, 0.3) is 0 Å². The zero-order valence-corrected chi connectivity index (χ0v) is 11.3. The first kappa shape index (κ1) is 14.0. The molecule has 0 saturated heterocycles. The highest BCUT2D eigenvalue weighted by atomic mass is 35.5. The Morgan fingerprint density at radius 2 is 2.18 bits per heavy atom. The van der Waals surface area contributed by atoms with Crippen LogP contribution in [0.5, 0.6) is 0 Å². The van der Waals surface area contributed by atoms with Crippen molar-refractivity contribution in [2.45, 2.75) is 32.7 Å². The van der Waals surface area contributed by atoms with Crippen molar-refractivity contribution in [3.63, 3.8) is 0 Å². The molecule has 0 unspecified atom stereocenters. The molecule has 17 heavy (non-hydrogen) atoms. The molecule has 1 rings (SSSR count). The van der Waals surface area contributed by atoms with Crippen LogP contribution in [0, 0.1) is 0 Å². The first-order valence-corrected chi connectivity index (χ1v) is 6.56. The smallest absolute Gasteiger partial charge is 0.293 e. The number of rotatable bonds is 7. The average Bonchev–Trinajstić information content (AvgIpc) is 2.34. The van der Waals surface area contributed by atoms with Crippen molar-refractivity contribution in [3.05, 3.63) is 22.7 Å². The number of anilines is 1. The monoisotopic (exact) mass is 257 g/mol. The number of aromatic nitrogens is 2. The maximum absolute atomic E-state index is 12.0. The lowest BCUT2D eigenvalue weighted by Gasteiger charge is -2.17. The molecule has 0 bridgehead atoms. The van der Waals surface area contributed by atoms with Gasteiger partial charge in [-0.2, -0.15) is 0 Å². The SMILES string of the molecule is CCn1ccnc(N(C)CCCCCCl)c1=O. The number of hydrogen-bond acceptors (Lipinski definition) is 3. The van der Waals surface area contributed by atoms with Crippen LogP contribution in [0.1, 0.15) is 26.2 Å². The van der Waals surface area contributed by atoms with Gasteiger partial charge in [0.05, 0.1) is 0 Å². The summed E-state index contributed by atoms with van der Waals surface area (Å²) in [5.41, 5.74) is -0.0187. The van der Waals surface area contributed by atoms with Gasteiger partial charge in [-0.25, -0.2) is 4.98 Å². The maximum Gasteiger partial charge on any atom is 0.293 e. The summed E-state index contributed by atoms with van der Waals surface area (Å²) in [6, 6.07) is 0. The van der Waals surface area contributed by atoms with E-state index in [1.807, 2.05) is 18.9 Å². The zero-order chi connectivity index (χ0) is 12.7. The fourth-order valence-corrected chi connectivity index (χ4v) is 1.86. The van der Waals surface area contributed by atoms with Crippen molar-refractivity contribution in [3.8, 4) is 0 Å². The summed E-state index contributed by atoms with van der Waals surface area (Å²) in [4.78, 5) is 18.0. The molecule has 0 aromatic carbocycles. The predicted octanol–water partition coefficient (Wildman–Crippen LogP) is 2.11. The van der Waals surface area contributed by atoms with Gasteiger partial charge in [0.15, 0.2) is 5.82 Å². The summed E-state index contributed by atoms with van der Waals surface area (Å²) in [5, 5.41) is 0. The molecule has 0 aliphatic carbocycles. The Balaban J connectivity index is 2.62. The first-order chi connectivity index (χ1) is 8.20. The number of nitrogens with zero attached hydrogens (tertiary/aromatic N) is 3. The van der Waals surface area contributed by atoms with Gasteiger partial charge in [-0.1, -0.05) is 6.42 Å². The van der Waals surface area contributed by atoms with Crippen LogP contribution < -0.4 is 10.5 Å². The largest absolute Gasteiger partial charge is 0.355 e. The Kier molecular flexibility index (Phi) is 6.05. The minimum atomic E-state index is -0.0187. The molecular weight excluding hydrogens is 238 g/mol. The Morgan fingerprint density at radius 3 is 2.82 bits per heavy atom. The van der Waals surface area contributed by atoms with Crippen molar-refractivity contribution < 1.29 is 0 Å². The van der Waals surface area contributed by atoms with Crippen molar-refractivity contribution in [2.75, 3.05) is 24.4 Å². The van der Waals surface area contributed by atoms with Gasteiger partial charge in [-0.05, 0) is 19.8 Å². The number of unbranched alkanes of at least 4 members (excludes halogenated alkanes) is 2. The van der Waals surface area contributed by atoms with E-state index in [0.717, 1.165) is 25.8 Å². The van der Waals surface area contributed by atoms with Gasteiger partial charge < -0.3 is 9.47 Å². The van der Waals surface area contributed by atoms with E-state index in [1.54, 1.807) is 17.0 Å². The number of halogens is 1. The molecule has 0 fully saturated rings. The van der Waals surface area contributed by atoms with E-state index in [4.69, 9.17) is 11.6 Å². The molecule has 1 aromatic rings. The second-order valence-corrected chi connectivity index (χ2v) is 4.39. The Hall–Kier alpha value is -1.03. The fourth-order valence-electron chi connectivity index (χ4n) is 1.67. The predicted molar refractivity (Wildman–Crippen MR) is 72.0 cm³/mol. The molecule has 0 N–H and O–H groups in total. The summed E-state index contributed by atoms with van der Waals surface area (Å²) in [6.07, 6.45) is 6.54. The third-order valence-electron chi connectivity index (χ3n) is 2.72. The standard InChI is InChI=1S/C12H20ClN3O/c1-3-16-10-8-14-11(12(16)17)15(2)9-6-4-5-7-13/h8,10H,3-7,9H2,1-2H3. The lowest BCUT2D eigenvalue weighted by atomic mass is 10.2. The van der Waals surface area contributed by atoms with Crippen LogP contribution in [0.3, 0.4) is 0 Å². The summed E-state index contributed by atoms with van der Waals surface area (Å²) >= 11 is 5.62. The summed E-state index contributed by atoms with van der Waals surface area (Å²) in [7, 11) is 1.91. The van der Waals surface area contributed by atoms with E-state index in [2.05, 4.69) is 4.98 Å². The fraction of sp³-hybridized carbons (Fsp3) is 0.667. The first-order valence-electron chi connectivity index (χ1n) is 6.03. The highest BCUT2D eigenvalue weighted by Crippen LogP contribution is 2.04. The van der Waals surface area contributed by atoms with Gasteiger partial charge in [-0.3, -0.25) is 4.79 Å². The van der Waals surface area contributed by atoms with Crippen LogP contribution in [0.2, 0.25) is 0 Å². The Labute approximate surface area is 107 Å². The van der Waals surface area contributed by atoms with Crippen molar-refractivity contribution in [1.29, 1.82) is 0 Å². The van der Waals surface area contributed by atoms with Gasteiger partial charge >= 0.3 is 0 Å². The third kappa shape index (κ3) is 4.04. The molecule has 1 aromatic heterocycles. The van der Waals surface area contributed by atoms with E-state index < -0.39 is 0 Å². The second kappa shape index (κ2) is 7.33. The minimum Gasteiger partial charge on any atom is -0.355 e. The van der Waals surface area contributed by atoms with Gasteiger partial charge in [0.1, 0.15) is 0 Å². The summed E-state index contributed by atoms with van der Waals surface area (Å²) in [6.45, 7) is 3.47. The molecule has 1 heterocycles. The quantitative estimate of drug-likeness (QED) is 0.555. The van der Waals surface area contributed by atoms with Crippen LogP contribution in [-0.2, 0) is 6.54 Å². The van der Waals surface area contributed by atoms with Gasteiger partial charge in [0, 0.05) is 38.4 Å². The van der Waals surface area contributed by atoms with Crippen molar-refractivity contribution >= 4 is 17.4 Å². The summed E-state index contributed by atoms with van der Waals surface area (Å²) < 4.78 is 1.66. The molecule has 0 atom stereocenters. The van der Waals surface area contributed by atoms with Gasteiger partial charge in [-0.15, -0.1) is 11.6 Å². The lowest BCUT2D eigenvalue weighted by molar-refractivity contribution is 0.681. The lowest BCUT2D eigenvalue weighted by Crippen LogP contribution is -2.30. The van der Waals surface area contributed by atoms with E-state index >= 15 is 0 Å². The van der Waals surface area contributed by atoms with E-state index in [0.29, 0.717) is 18.2 Å². The number of hydrogen-bond donors (Lipinski definition) is 0. The van der Waals surface area contributed by atoms with E-state index in [-0.39, 0.29) is 5.56 Å². The maximum atomic E-state index is 12.0. The van der Waals surface area contributed by atoms with Crippen LogP contribution >= 0.6 is 11.6 Å². The summed E-state index contributed by atoms with van der Waals surface area (Å²) in [5.74, 6) is 1.23. The molecule has 0 saturated carbocycles. The van der Waals surface area contributed by atoms with Crippen LogP contribution in [-0.4, -0.2) is 29.0 Å². The highest BCUT2D eigenvalue weighted by molar-refractivity contribution is 6.17. The Bertz CT molecular complexity index is 392. The van der Waals surface area contributed by atoms with Crippen molar-refractivity contribution in [1.82, 2.24) is 9.55 Å². The molecule has 0 aliphatic rings.